The maximum atomic E-state index is 13.9. The monoisotopic (exact) mass is 514 g/mol. The Morgan fingerprint density at radius 3 is 2.41 bits per heavy atom. The van der Waals surface area contributed by atoms with Gasteiger partial charge in [0.25, 0.3) is 5.91 Å². The Morgan fingerprint density at radius 2 is 1.81 bits per heavy atom. The van der Waals surface area contributed by atoms with Crippen molar-refractivity contribution in [1.82, 2.24) is 20.1 Å². The van der Waals surface area contributed by atoms with Gasteiger partial charge in [-0.25, -0.2) is 8.78 Å². The number of benzene rings is 1. The molecule has 10 heteroatoms. The third-order valence-electron chi connectivity index (χ3n) is 5.39. The zero-order valence-corrected chi connectivity index (χ0v) is 22.0. The van der Waals surface area contributed by atoms with Crippen LogP contribution in [0.4, 0.5) is 25.8 Å². The fraction of sp³-hybridized carbons (Fsp3) is 0.407. The van der Waals surface area contributed by atoms with Gasteiger partial charge in [-0.3, -0.25) is 19.3 Å². The van der Waals surface area contributed by atoms with Crippen LogP contribution in [-0.2, 0) is 11.8 Å². The van der Waals surface area contributed by atoms with E-state index in [0.29, 0.717) is 22.6 Å². The van der Waals surface area contributed by atoms with Crippen LogP contribution in [0, 0.1) is 12.7 Å². The Bertz CT molecular complexity index is 1160. The molecule has 1 aliphatic rings. The van der Waals surface area contributed by atoms with Gasteiger partial charge in [0.05, 0.1) is 23.8 Å². The van der Waals surface area contributed by atoms with Crippen molar-refractivity contribution < 1.29 is 18.4 Å². The highest BCUT2D eigenvalue weighted by Crippen LogP contribution is 2.21. The van der Waals surface area contributed by atoms with Crippen molar-refractivity contribution in [3.8, 4) is 0 Å². The molecule has 8 nitrogen and oxygen atoms in total. The minimum atomic E-state index is -0.764. The molecule has 200 valence electrons. The molecule has 0 spiro atoms. The van der Waals surface area contributed by atoms with Crippen molar-refractivity contribution in [3.05, 3.63) is 66.0 Å². The lowest BCUT2D eigenvalue weighted by atomic mass is 10.1. The van der Waals surface area contributed by atoms with Crippen molar-refractivity contribution in [2.24, 2.45) is 7.05 Å². The molecule has 1 unspecified atom stereocenters. The van der Waals surface area contributed by atoms with Gasteiger partial charge in [0.2, 0.25) is 5.91 Å². The lowest BCUT2D eigenvalue weighted by molar-refractivity contribution is -0.117. The second kappa shape index (κ2) is 14.7. The standard InChI is InChI=1S/C20H21FN6O2.C5H9F.C2H6/c1-12-7-18(17(21)10-22-12)25-15-6-4-5-14(8-15)20(29)24-13(2)19(28)26-16-9-23-27(3)11-16;6-5-3-1-2-4-5;1-2/h4-11,13H,1-3H3,(H,22,25)(H,24,29)(H,26,28);5H,1-4H2;1-2H3. The topological polar surface area (TPSA) is 101 Å². The van der Waals surface area contributed by atoms with Gasteiger partial charge in [0.15, 0.2) is 5.82 Å². The number of aryl methyl sites for hydroxylation is 2. The summed E-state index contributed by atoms with van der Waals surface area (Å²) in [6, 6.07) is 7.39. The second-order valence-electron chi connectivity index (χ2n) is 8.48. The van der Waals surface area contributed by atoms with Crippen LogP contribution in [0.1, 0.15) is 62.5 Å². The number of carbonyl (C=O) groups excluding carboxylic acids is 2. The van der Waals surface area contributed by atoms with Crippen molar-refractivity contribution >= 4 is 28.9 Å². The number of carbonyl (C=O) groups is 2. The molecule has 0 aliphatic heterocycles. The largest absolute Gasteiger partial charge is 0.353 e. The van der Waals surface area contributed by atoms with E-state index in [1.54, 1.807) is 62.1 Å². The van der Waals surface area contributed by atoms with Crippen LogP contribution in [0.5, 0.6) is 0 Å². The summed E-state index contributed by atoms with van der Waals surface area (Å²) < 4.78 is 27.4. The van der Waals surface area contributed by atoms with E-state index < -0.39 is 23.9 Å². The number of halogens is 2. The number of hydrogen-bond acceptors (Lipinski definition) is 5. The molecule has 4 rings (SSSR count). The van der Waals surface area contributed by atoms with Gasteiger partial charge in [-0.15, -0.1) is 0 Å². The average molecular weight is 515 g/mol. The fourth-order valence-electron chi connectivity index (χ4n) is 3.49. The number of aromatic nitrogens is 3. The number of pyridine rings is 1. The normalized spacial score (nSPS) is 13.4. The quantitative estimate of drug-likeness (QED) is 0.392. The van der Waals surface area contributed by atoms with E-state index >= 15 is 0 Å². The molecular formula is C27H36F2N6O2. The lowest BCUT2D eigenvalue weighted by Gasteiger charge is -2.14. The Labute approximate surface area is 216 Å². The van der Waals surface area contributed by atoms with E-state index in [0.717, 1.165) is 31.9 Å². The Kier molecular flexibility index (Phi) is 11.7. The van der Waals surface area contributed by atoms with Gasteiger partial charge < -0.3 is 16.0 Å². The van der Waals surface area contributed by atoms with Gasteiger partial charge in [0, 0.05) is 30.2 Å². The van der Waals surface area contributed by atoms with Crippen molar-refractivity contribution in [2.75, 3.05) is 10.6 Å². The number of anilines is 3. The molecule has 1 aromatic carbocycles. The summed E-state index contributed by atoms with van der Waals surface area (Å²) in [5, 5.41) is 12.2. The molecule has 2 amide bonds. The molecule has 2 aromatic heterocycles. The number of nitrogens with zero attached hydrogens (tertiary/aromatic N) is 3. The first-order chi connectivity index (χ1) is 17.7. The second-order valence-corrected chi connectivity index (χ2v) is 8.48. The average Bonchev–Trinajstić information content (AvgIpc) is 3.53. The molecule has 3 N–H and O–H groups in total. The molecule has 0 radical (unpaired) electrons. The number of rotatable bonds is 6. The van der Waals surface area contributed by atoms with E-state index in [2.05, 4.69) is 26.0 Å². The van der Waals surface area contributed by atoms with Crippen LogP contribution in [0.3, 0.4) is 0 Å². The van der Waals surface area contributed by atoms with Crippen LogP contribution >= 0.6 is 0 Å². The molecule has 1 aliphatic carbocycles. The van der Waals surface area contributed by atoms with Crippen molar-refractivity contribution in [2.45, 2.75) is 65.6 Å². The molecule has 2 heterocycles. The van der Waals surface area contributed by atoms with Gasteiger partial charge in [0.1, 0.15) is 12.2 Å². The van der Waals surface area contributed by atoms with Gasteiger partial charge >= 0.3 is 0 Å². The highest BCUT2D eigenvalue weighted by molar-refractivity contribution is 6.01. The minimum absolute atomic E-state index is 0.263. The maximum absolute atomic E-state index is 13.9. The SMILES string of the molecule is CC.Cc1cc(Nc2cccc(C(=O)NC(C)C(=O)Nc3cnn(C)c3)c2)c(F)cn1.FC1CCCC1. The first-order valence-corrected chi connectivity index (χ1v) is 12.4. The maximum Gasteiger partial charge on any atom is 0.251 e. The van der Waals surface area contributed by atoms with E-state index in [1.807, 2.05) is 13.8 Å². The Balaban J connectivity index is 0.000000519. The highest BCUT2D eigenvalue weighted by Gasteiger charge is 2.18. The van der Waals surface area contributed by atoms with Gasteiger partial charge in [-0.2, -0.15) is 5.10 Å². The molecule has 3 aromatic rings. The van der Waals surface area contributed by atoms with E-state index in [4.69, 9.17) is 0 Å². The van der Waals surface area contributed by atoms with Crippen LogP contribution in [0.2, 0.25) is 0 Å². The fourth-order valence-corrected chi connectivity index (χ4v) is 3.49. The van der Waals surface area contributed by atoms with E-state index in [1.165, 1.54) is 6.20 Å². The Hall–Kier alpha value is -3.82. The third kappa shape index (κ3) is 9.63. The predicted octanol–water partition coefficient (Wildman–Crippen LogP) is 5.69. The summed E-state index contributed by atoms with van der Waals surface area (Å²) in [6.07, 6.45) is 7.72. The molecule has 1 atom stereocenters. The smallest absolute Gasteiger partial charge is 0.251 e. The number of alkyl halides is 1. The zero-order valence-electron chi connectivity index (χ0n) is 22.0. The molecule has 0 bridgehead atoms. The van der Waals surface area contributed by atoms with Crippen LogP contribution < -0.4 is 16.0 Å². The molecule has 1 saturated carbocycles. The van der Waals surface area contributed by atoms with Gasteiger partial charge in [-0.05, 0) is 51.0 Å². The summed E-state index contributed by atoms with van der Waals surface area (Å²) in [4.78, 5) is 28.7. The summed E-state index contributed by atoms with van der Waals surface area (Å²) in [5.41, 5.74) is 2.34. The summed E-state index contributed by atoms with van der Waals surface area (Å²) >= 11 is 0. The summed E-state index contributed by atoms with van der Waals surface area (Å²) in [5.74, 6) is -1.28. The molecule has 37 heavy (non-hydrogen) atoms. The number of nitrogens with one attached hydrogen (secondary N) is 3. The predicted molar refractivity (Wildman–Crippen MR) is 142 cm³/mol. The van der Waals surface area contributed by atoms with E-state index in [9.17, 15) is 18.4 Å². The summed E-state index contributed by atoms with van der Waals surface area (Å²) in [6.45, 7) is 7.34. The summed E-state index contributed by atoms with van der Waals surface area (Å²) in [7, 11) is 1.74. The Morgan fingerprint density at radius 1 is 1.11 bits per heavy atom. The lowest BCUT2D eigenvalue weighted by Crippen LogP contribution is -2.41. The first-order valence-electron chi connectivity index (χ1n) is 12.4. The van der Waals surface area contributed by atoms with Crippen LogP contribution in [-0.4, -0.2) is 38.8 Å². The zero-order chi connectivity index (χ0) is 27.4. The highest BCUT2D eigenvalue weighted by atomic mass is 19.1. The van der Waals surface area contributed by atoms with Gasteiger partial charge in [-0.1, -0.05) is 32.8 Å². The first kappa shape index (κ1) is 29.4. The molecule has 1 fully saturated rings. The minimum Gasteiger partial charge on any atom is -0.353 e. The third-order valence-corrected chi connectivity index (χ3v) is 5.39. The van der Waals surface area contributed by atoms with E-state index in [-0.39, 0.29) is 11.6 Å². The molecule has 0 saturated heterocycles. The number of amides is 2. The van der Waals surface area contributed by atoms with Crippen LogP contribution in [0.15, 0.2) is 48.9 Å². The van der Waals surface area contributed by atoms with Crippen molar-refractivity contribution in [3.63, 3.8) is 0 Å². The molecular weight excluding hydrogens is 478 g/mol. The van der Waals surface area contributed by atoms with Crippen molar-refractivity contribution in [1.29, 1.82) is 0 Å². The number of hydrogen-bond donors (Lipinski definition) is 3. The van der Waals surface area contributed by atoms with Crippen LogP contribution in [0.25, 0.3) is 0 Å².